The molecule has 1 atom stereocenters. The van der Waals surface area contributed by atoms with E-state index in [2.05, 4.69) is 20.9 Å². The zero-order valence-electron chi connectivity index (χ0n) is 20.7. The number of likely N-dealkylation sites (tertiary alicyclic amines) is 1. The summed E-state index contributed by atoms with van der Waals surface area (Å²) in [5.41, 5.74) is 3.78. The summed E-state index contributed by atoms with van der Waals surface area (Å²) in [6.07, 6.45) is 3.31. The molecule has 0 saturated carbocycles. The minimum atomic E-state index is -0.763. The number of hydrogen-bond donors (Lipinski definition) is 1. The smallest absolute Gasteiger partial charge is 0.295 e. The fourth-order valence-electron chi connectivity index (χ4n) is 4.63. The summed E-state index contributed by atoms with van der Waals surface area (Å²) < 4.78 is 6.72. The molecule has 5 rings (SSSR count). The number of carbonyl (C=O) groups is 2. The fourth-order valence-corrected chi connectivity index (χ4v) is 5.05. The summed E-state index contributed by atoms with van der Waals surface area (Å²) in [7, 11) is 0. The first-order chi connectivity index (χ1) is 18.4. The summed E-state index contributed by atoms with van der Waals surface area (Å²) in [6, 6.07) is 25.4. The number of hydrogen-bond acceptors (Lipinski definition) is 5. The van der Waals surface area contributed by atoms with E-state index in [0.717, 1.165) is 21.2 Å². The monoisotopic (exact) mass is 568 g/mol. The minimum Gasteiger partial charge on any atom is -0.507 e. The predicted molar refractivity (Wildman–Crippen MR) is 148 cm³/mol. The van der Waals surface area contributed by atoms with Crippen LogP contribution in [-0.2, 0) is 22.7 Å². The van der Waals surface area contributed by atoms with Gasteiger partial charge >= 0.3 is 0 Å². The Morgan fingerprint density at radius 1 is 0.974 bits per heavy atom. The van der Waals surface area contributed by atoms with Crippen molar-refractivity contribution in [3.63, 3.8) is 0 Å². The molecule has 38 heavy (non-hydrogen) atoms. The number of aliphatic hydroxyl groups is 1. The van der Waals surface area contributed by atoms with Crippen LogP contribution in [0.1, 0.15) is 33.9 Å². The molecule has 2 heterocycles. The van der Waals surface area contributed by atoms with Crippen LogP contribution in [0.15, 0.2) is 107 Å². The molecule has 190 valence electrons. The van der Waals surface area contributed by atoms with Crippen molar-refractivity contribution >= 4 is 33.4 Å². The fraction of sp³-hybridized carbons (Fsp3) is 0.129. The van der Waals surface area contributed by atoms with Crippen LogP contribution < -0.4 is 4.74 Å². The van der Waals surface area contributed by atoms with Crippen molar-refractivity contribution in [3.8, 4) is 5.75 Å². The Morgan fingerprint density at radius 3 is 2.47 bits per heavy atom. The maximum atomic E-state index is 13.4. The first-order valence-electron chi connectivity index (χ1n) is 12.1. The van der Waals surface area contributed by atoms with Gasteiger partial charge in [-0.2, -0.15) is 0 Å². The molecule has 4 aromatic rings. The highest BCUT2D eigenvalue weighted by molar-refractivity contribution is 9.10. The van der Waals surface area contributed by atoms with Crippen molar-refractivity contribution in [2.75, 3.05) is 0 Å². The van der Waals surface area contributed by atoms with Gasteiger partial charge in [0.05, 0.1) is 11.6 Å². The number of aliphatic hydroxyl groups excluding tert-OH is 1. The third-order valence-electron chi connectivity index (χ3n) is 6.48. The van der Waals surface area contributed by atoms with E-state index in [-0.39, 0.29) is 17.9 Å². The molecule has 1 aliphatic rings. The molecule has 0 unspecified atom stereocenters. The average molecular weight is 569 g/mol. The van der Waals surface area contributed by atoms with Gasteiger partial charge in [0.1, 0.15) is 18.1 Å². The number of ketones is 1. The number of halogens is 1. The molecule has 0 aliphatic carbocycles. The van der Waals surface area contributed by atoms with E-state index in [1.54, 1.807) is 30.6 Å². The van der Waals surface area contributed by atoms with Crippen molar-refractivity contribution < 1.29 is 19.4 Å². The van der Waals surface area contributed by atoms with Gasteiger partial charge < -0.3 is 14.7 Å². The normalized spacial score (nSPS) is 16.6. The van der Waals surface area contributed by atoms with Gasteiger partial charge in [0, 0.05) is 29.0 Å². The Hall–Kier alpha value is -4.23. The number of ether oxygens (including phenoxy) is 1. The zero-order chi connectivity index (χ0) is 26.6. The van der Waals surface area contributed by atoms with Crippen LogP contribution in [0, 0.1) is 6.92 Å². The maximum Gasteiger partial charge on any atom is 0.295 e. The molecule has 3 aromatic carbocycles. The van der Waals surface area contributed by atoms with Gasteiger partial charge in [-0.1, -0.05) is 64.5 Å². The maximum absolute atomic E-state index is 13.4. The zero-order valence-corrected chi connectivity index (χ0v) is 22.3. The lowest BCUT2D eigenvalue weighted by Gasteiger charge is -2.25. The van der Waals surface area contributed by atoms with Gasteiger partial charge in [-0.25, -0.2) is 0 Å². The Balaban J connectivity index is 1.52. The number of nitrogens with zero attached hydrogens (tertiary/aromatic N) is 2. The van der Waals surface area contributed by atoms with Crippen molar-refractivity contribution in [1.29, 1.82) is 0 Å². The van der Waals surface area contributed by atoms with Crippen LogP contribution in [0.5, 0.6) is 5.75 Å². The lowest BCUT2D eigenvalue weighted by molar-refractivity contribution is -0.140. The van der Waals surface area contributed by atoms with E-state index in [1.807, 2.05) is 73.7 Å². The Labute approximate surface area is 229 Å². The van der Waals surface area contributed by atoms with E-state index in [1.165, 1.54) is 4.90 Å². The third kappa shape index (κ3) is 5.24. The SMILES string of the molecule is Cc1cc(OCc2ccccc2)ccc1/C(O)=C1\C(=O)C(=O)N(Cc2cccnc2)[C@H]1c1cccc(Br)c1. The molecule has 7 heteroatoms. The highest BCUT2D eigenvalue weighted by atomic mass is 79.9. The molecule has 1 amide bonds. The van der Waals surface area contributed by atoms with Crippen molar-refractivity contribution in [1.82, 2.24) is 9.88 Å². The number of Topliss-reactive ketones (excluding diaryl/α,β-unsaturated/α-hetero) is 1. The number of rotatable bonds is 7. The van der Waals surface area contributed by atoms with E-state index in [0.29, 0.717) is 23.5 Å². The van der Waals surface area contributed by atoms with Gasteiger partial charge in [0.25, 0.3) is 11.7 Å². The molecule has 0 radical (unpaired) electrons. The van der Waals surface area contributed by atoms with Crippen LogP contribution in [0.25, 0.3) is 5.76 Å². The second kappa shape index (κ2) is 11.0. The van der Waals surface area contributed by atoms with Crippen molar-refractivity contribution in [2.24, 2.45) is 0 Å². The van der Waals surface area contributed by atoms with Crippen molar-refractivity contribution in [3.05, 3.63) is 135 Å². The summed E-state index contributed by atoms with van der Waals surface area (Å²) in [5.74, 6) is -0.960. The first kappa shape index (κ1) is 25.4. The van der Waals surface area contributed by atoms with Crippen LogP contribution in [0.3, 0.4) is 0 Å². The molecule has 0 bridgehead atoms. The topological polar surface area (TPSA) is 79.7 Å². The standard InChI is InChI=1S/C31H25BrN2O4/c1-20-15-25(38-19-21-7-3-2-4-8-21)12-13-26(20)29(35)27-28(23-10-5-11-24(32)16-23)34(31(37)30(27)36)18-22-9-6-14-33-17-22/h2-17,28,35H,18-19H2,1H3/b29-27+/t28-/m0/s1. The molecule has 1 aliphatic heterocycles. The number of amides is 1. The molecule has 0 spiro atoms. The Kier molecular flexibility index (Phi) is 7.38. The molecule has 1 fully saturated rings. The number of benzene rings is 3. The summed E-state index contributed by atoms with van der Waals surface area (Å²) in [5, 5.41) is 11.5. The third-order valence-corrected chi connectivity index (χ3v) is 6.97. The number of aromatic nitrogens is 1. The average Bonchev–Trinajstić information content (AvgIpc) is 3.18. The quantitative estimate of drug-likeness (QED) is 0.159. The minimum absolute atomic E-state index is 0.0537. The highest BCUT2D eigenvalue weighted by Crippen LogP contribution is 2.41. The molecule has 1 saturated heterocycles. The van der Waals surface area contributed by atoms with E-state index < -0.39 is 17.7 Å². The number of aryl methyl sites for hydroxylation is 1. The van der Waals surface area contributed by atoms with Gasteiger partial charge in [0.15, 0.2) is 0 Å². The molecular formula is C31H25BrN2O4. The summed E-state index contributed by atoms with van der Waals surface area (Å²) in [4.78, 5) is 32.2. The van der Waals surface area contributed by atoms with Crippen LogP contribution in [-0.4, -0.2) is 26.7 Å². The van der Waals surface area contributed by atoms with E-state index in [9.17, 15) is 14.7 Å². The second-order valence-corrected chi connectivity index (χ2v) is 10.0. The van der Waals surface area contributed by atoms with Crippen molar-refractivity contribution in [2.45, 2.75) is 26.1 Å². The van der Waals surface area contributed by atoms with Gasteiger partial charge in [-0.3, -0.25) is 14.6 Å². The Morgan fingerprint density at radius 2 is 1.76 bits per heavy atom. The van der Waals surface area contributed by atoms with E-state index in [4.69, 9.17) is 4.74 Å². The van der Waals surface area contributed by atoms with Gasteiger partial charge in [0.2, 0.25) is 0 Å². The van der Waals surface area contributed by atoms with E-state index >= 15 is 0 Å². The van der Waals surface area contributed by atoms with Crippen LogP contribution in [0.4, 0.5) is 0 Å². The highest BCUT2D eigenvalue weighted by Gasteiger charge is 2.46. The summed E-state index contributed by atoms with van der Waals surface area (Å²) in [6.45, 7) is 2.43. The first-order valence-corrected chi connectivity index (χ1v) is 12.9. The Bertz CT molecular complexity index is 1520. The second-order valence-electron chi connectivity index (χ2n) is 9.09. The number of pyridine rings is 1. The van der Waals surface area contributed by atoms with Crippen LogP contribution >= 0.6 is 15.9 Å². The van der Waals surface area contributed by atoms with Gasteiger partial charge in [-0.05, 0) is 65.6 Å². The lowest BCUT2D eigenvalue weighted by Crippen LogP contribution is -2.29. The largest absolute Gasteiger partial charge is 0.507 e. The molecular weight excluding hydrogens is 544 g/mol. The van der Waals surface area contributed by atoms with Crippen LogP contribution in [0.2, 0.25) is 0 Å². The lowest BCUT2D eigenvalue weighted by atomic mass is 9.94. The summed E-state index contributed by atoms with van der Waals surface area (Å²) >= 11 is 3.49. The molecule has 1 aromatic heterocycles. The number of carbonyl (C=O) groups excluding carboxylic acids is 2. The van der Waals surface area contributed by atoms with Gasteiger partial charge in [-0.15, -0.1) is 0 Å². The molecule has 6 nitrogen and oxygen atoms in total. The predicted octanol–water partition coefficient (Wildman–Crippen LogP) is 6.35. The molecule has 1 N–H and O–H groups in total.